The minimum Gasteiger partial charge on any atom is -0.329 e. The first kappa shape index (κ1) is 15.1. The molecule has 0 aromatic carbocycles. The van der Waals surface area contributed by atoms with Gasteiger partial charge in [-0.1, -0.05) is 13.8 Å². The van der Waals surface area contributed by atoms with Gasteiger partial charge in [-0.25, -0.2) is 12.7 Å². The van der Waals surface area contributed by atoms with E-state index in [0.29, 0.717) is 25.6 Å². The molecule has 0 radical (unpaired) electrons. The van der Waals surface area contributed by atoms with Crippen LogP contribution in [0.25, 0.3) is 0 Å². The Labute approximate surface area is 109 Å². The largest absolute Gasteiger partial charge is 0.329 e. The van der Waals surface area contributed by atoms with Gasteiger partial charge in [0.15, 0.2) is 0 Å². The Bertz CT molecular complexity index is 467. The Morgan fingerprint density at radius 3 is 2.72 bits per heavy atom. The maximum absolute atomic E-state index is 12.2. The number of hydrogen-bond donors (Lipinski definition) is 1. The van der Waals surface area contributed by atoms with Gasteiger partial charge < -0.3 is 5.73 Å². The highest BCUT2D eigenvalue weighted by molar-refractivity contribution is 7.89. The molecule has 18 heavy (non-hydrogen) atoms. The summed E-state index contributed by atoms with van der Waals surface area (Å²) in [5.41, 5.74) is 5.40. The highest BCUT2D eigenvalue weighted by atomic mass is 32.2. The van der Waals surface area contributed by atoms with E-state index in [2.05, 4.69) is 18.9 Å². The maximum atomic E-state index is 12.2. The molecule has 1 rings (SSSR count). The summed E-state index contributed by atoms with van der Waals surface area (Å²) in [6.45, 7) is 5.61. The second-order valence-corrected chi connectivity index (χ2v) is 6.78. The molecular weight excluding hydrogens is 252 g/mol. The minimum absolute atomic E-state index is 0.224. The van der Waals surface area contributed by atoms with Crippen molar-refractivity contribution in [3.63, 3.8) is 0 Å². The Morgan fingerprint density at radius 1 is 1.50 bits per heavy atom. The van der Waals surface area contributed by atoms with Crippen LogP contribution in [0.1, 0.15) is 20.3 Å². The minimum atomic E-state index is -3.42. The summed E-state index contributed by atoms with van der Waals surface area (Å²) in [6, 6.07) is 0. The average Bonchev–Trinajstić information content (AvgIpc) is 2.75. The first-order chi connectivity index (χ1) is 8.37. The van der Waals surface area contributed by atoms with E-state index in [1.165, 1.54) is 16.7 Å². The smallest absolute Gasteiger partial charge is 0.245 e. The molecular formula is C11H22N4O2S. The van der Waals surface area contributed by atoms with Crippen LogP contribution in [0.4, 0.5) is 0 Å². The van der Waals surface area contributed by atoms with Crippen LogP contribution in [-0.2, 0) is 16.6 Å². The van der Waals surface area contributed by atoms with Crippen LogP contribution in [0.5, 0.6) is 0 Å². The van der Waals surface area contributed by atoms with Gasteiger partial charge in [0.1, 0.15) is 4.90 Å². The lowest BCUT2D eigenvalue weighted by atomic mass is 10.1. The normalized spacial score (nSPS) is 12.6. The molecule has 104 valence electrons. The van der Waals surface area contributed by atoms with Crippen molar-refractivity contribution in [2.75, 3.05) is 20.1 Å². The van der Waals surface area contributed by atoms with Crippen molar-refractivity contribution in [1.82, 2.24) is 14.1 Å². The van der Waals surface area contributed by atoms with Crippen LogP contribution in [-0.4, -0.2) is 42.6 Å². The molecule has 0 saturated carbocycles. The van der Waals surface area contributed by atoms with E-state index in [9.17, 15) is 8.42 Å². The topological polar surface area (TPSA) is 81.2 Å². The monoisotopic (exact) mass is 274 g/mol. The lowest BCUT2D eigenvalue weighted by Gasteiger charge is -2.16. The summed E-state index contributed by atoms with van der Waals surface area (Å²) in [5, 5.41) is 3.98. The molecule has 1 aromatic rings. The van der Waals surface area contributed by atoms with Crippen molar-refractivity contribution in [3.05, 3.63) is 12.4 Å². The zero-order valence-corrected chi connectivity index (χ0v) is 12.0. The first-order valence-corrected chi connectivity index (χ1v) is 7.50. The van der Waals surface area contributed by atoms with E-state index < -0.39 is 10.0 Å². The van der Waals surface area contributed by atoms with Crippen molar-refractivity contribution < 1.29 is 8.42 Å². The molecule has 6 nitrogen and oxygen atoms in total. The van der Waals surface area contributed by atoms with Crippen molar-refractivity contribution >= 4 is 10.0 Å². The van der Waals surface area contributed by atoms with E-state index in [-0.39, 0.29) is 4.90 Å². The third kappa shape index (κ3) is 3.79. The lowest BCUT2D eigenvalue weighted by Crippen LogP contribution is -2.28. The lowest BCUT2D eigenvalue weighted by molar-refractivity contribution is 0.428. The molecule has 0 atom stereocenters. The van der Waals surface area contributed by atoms with E-state index in [0.717, 1.165) is 6.42 Å². The molecule has 0 aliphatic carbocycles. The number of sulfonamides is 1. The third-order valence-electron chi connectivity index (χ3n) is 2.70. The van der Waals surface area contributed by atoms with Crippen LogP contribution in [0, 0.1) is 5.92 Å². The maximum Gasteiger partial charge on any atom is 0.245 e. The predicted molar refractivity (Wildman–Crippen MR) is 70.6 cm³/mol. The molecule has 0 saturated heterocycles. The molecule has 1 aromatic heterocycles. The number of rotatable bonds is 7. The van der Waals surface area contributed by atoms with Crippen molar-refractivity contribution in [2.24, 2.45) is 11.7 Å². The highest BCUT2D eigenvalue weighted by Gasteiger charge is 2.22. The molecule has 7 heteroatoms. The SMILES string of the molecule is CC(C)CCN(C)S(=O)(=O)c1cnn(CCN)c1. The van der Waals surface area contributed by atoms with Gasteiger partial charge in [-0.05, 0) is 12.3 Å². The summed E-state index contributed by atoms with van der Waals surface area (Å²) in [6.07, 6.45) is 3.73. The summed E-state index contributed by atoms with van der Waals surface area (Å²) in [7, 11) is -1.83. The average molecular weight is 274 g/mol. The molecule has 0 fully saturated rings. The van der Waals surface area contributed by atoms with Crippen molar-refractivity contribution in [2.45, 2.75) is 31.7 Å². The fourth-order valence-electron chi connectivity index (χ4n) is 1.47. The molecule has 1 heterocycles. The van der Waals surface area contributed by atoms with Gasteiger partial charge in [-0.2, -0.15) is 5.10 Å². The Hall–Kier alpha value is -0.920. The number of nitrogens with two attached hydrogens (primary N) is 1. The van der Waals surface area contributed by atoms with Crippen LogP contribution in [0.15, 0.2) is 17.3 Å². The van der Waals surface area contributed by atoms with Gasteiger partial charge in [0.05, 0.1) is 12.7 Å². The predicted octanol–water partition coefficient (Wildman–Crippen LogP) is 0.508. The van der Waals surface area contributed by atoms with Crippen molar-refractivity contribution in [1.29, 1.82) is 0 Å². The Kier molecular flexibility index (Phi) is 5.30. The molecule has 0 bridgehead atoms. The number of nitrogens with zero attached hydrogens (tertiary/aromatic N) is 3. The Morgan fingerprint density at radius 2 is 2.17 bits per heavy atom. The summed E-state index contributed by atoms with van der Waals surface area (Å²) >= 11 is 0. The zero-order chi connectivity index (χ0) is 13.8. The summed E-state index contributed by atoms with van der Waals surface area (Å²) in [4.78, 5) is 0.224. The van der Waals surface area contributed by atoms with Gasteiger partial charge in [0.25, 0.3) is 0 Å². The van der Waals surface area contributed by atoms with Gasteiger partial charge in [-0.3, -0.25) is 4.68 Å². The van der Waals surface area contributed by atoms with Gasteiger partial charge in [0.2, 0.25) is 10.0 Å². The fraction of sp³-hybridized carbons (Fsp3) is 0.727. The van der Waals surface area contributed by atoms with E-state index in [1.807, 2.05) is 0 Å². The Balaban J connectivity index is 2.77. The van der Waals surface area contributed by atoms with Gasteiger partial charge in [-0.15, -0.1) is 0 Å². The van der Waals surface area contributed by atoms with Gasteiger partial charge >= 0.3 is 0 Å². The molecule has 0 spiro atoms. The zero-order valence-electron chi connectivity index (χ0n) is 11.2. The van der Waals surface area contributed by atoms with Crippen LogP contribution >= 0.6 is 0 Å². The summed E-state index contributed by atoms with van der Waals surface area (Å²) in [5.74, 6) is 0.475. The van der Waals surface area contributed by atoms with Crippen LogP contribution < -0.4 is 5.73 Å². The van der Waals surface area contributed by atoms with Gasteiger partial charge in [0, 0.05) is 26.3 Å². The second-order valence-electron chi connectivity index (χ2n) is 4.74. The first-order valence-electron chi connectivity index (χ1n) is 6.06. The van der Waals surface area contributed by atoms with E-state index in [1.54, 1.807) is 11.7 Å². The molecule has 2 N–H and O–H groups in total. The second kappa shape index (κ2) is 6.31. The molecule has 0 aliphatic heterocycles. The quantitative estimate of drug-likeness (QED) is 0.785. The molecule has 0 aliphatic rings. The van der Waals surface area contributed by atoms with Crippen molar-refractivity contribution in [3.8, 4) is 0 Å². The summed E-state index contributed by atoms with van der Waals surface area (Å²) < 4.78 is 27.3. The van der Waals surface area contributed by atoms with Crippen LogP contribution in [0.3, 0.4) is 0 Å². The highest BCUT2D eigenvalue weighted by Crippen LogP contribution is 2.14. The third-order valence-corrected chi connectivity index (χ3v) is 4.51. The fourth-order valence-corrected chi connectivity index (χ4v) is 2.61. The standard InChI is InChI=1S/C11H22N4O2S/c1-10(2)4-6-14(3)18(16,17)11-8-13-15(9-11)7-5-12/h8-10H,4-7,12H2,1-3H3. The molecule has 0 unspecified atom stereocenters. The molecule has 0 amide bonds. The number of aromatic nitrogens is 2. The van der Waals surface area contributed by atoms with Crippen LogP contribution in [0.2, 0.25) is 0 Å². The number of hydrogen-bond acceptors (Lipinski definition) is 4. The van der Waals surface area contributed by atoms with E-state index in [4.69, 9.17) is 5.73 Å². The van der Waals surface area contributed by atoms with E-state index >= 15 is 0 Å².